The van der Waals surface area contributed by atoms with Gasteiger partial charge in [-0.05, 0) is 75.3 Å². The summed E-state index contributed by atoms with van der Waals surface area (Å²) in [5.41, 5.74) is 6.36. The molecule has 2 nitrogen and oxygen atoms in total. The number of aryl methyl sites for hydroxylation is 4. The Morgan fingerprint density at radius 3 is 2.38 bits per heavy atom. The Kier molecular flexibility index (Phi) is 4.82. The van der Waals surface area contributed by atoms with Gasteiger partial charge in [0.15, 0.2) is 0 Å². The van der Waals surface area contributed by atoms with Crippen LogP contribution in [0.4, 0.5) is 0 Å². The lowest BCUT2D eigenvalue weighted by Crippen LogP contribution is -2.28. The highest BCUT2D eigenvalue weighted by atomic mass is 32.2. The van der Waals surface area contributed by atoms with Crippen LogP contribution < -0.4 is 0 Å². The van der Waals surface area contributed by atoms with Crippen LogP contribution in [0.5, 0.6) is 0 Å². The largest absolute Gasteiger partial charge is 0.244 e. The number of benzene rings is 2. The lowest BCUT2D eigenvalue weighted by atomic mass is 9.95. The highest BCUT2D eigenvalue weighted by molar-refractivity contribution is 7.94. The molecule has 0 fully saturated rings. The third-order valence-corrected chi connectivity index (χ3v) is 8.06. The maximum atomic E-state index is 13.9. The summed E-state index contributed by atoms with van der Waals surface area (Å²) in [6.45, 7) is 9.24. The number of rotatable bonds is 3. The van der Waals surface area contributed by atoms with Crippen LogP contribution >= 0.6 is 0 Å². The Bertz CT molecular complexity index is 852. The third-order valence-electron chi connectivity index (χ3n) is 5.10. The molecule has 1 aliphatic rings. The molecule has 0 bridgehead atoms. The first-order chi connectivity index (χ1) is 11.4. The van der Waals surface area contributed by atoms with Crippen LogP contribution in [0.15, 0.2) is 45.7 Å². The minimum Gasteiger partial charge on any atom is -0.244 e. The van der Waals surface area contributed by atoms with Crippen molar-refractivity contribution in [2.45, 2.75) is 57.1 Å². The molecule has 0 N–H and O–H groups in total. The summed E-state index contributed by atoms with van der Waals surface area (Å²) < 4.78 is 18.6. The second-order valence-electron chi connectivity index (χ2n) is 7.03. The van der Waals surface area contributed by atoms with Gasteiger partial charge in [0, 0.05) is 6.54 Å². The molecule has 0 spiro atoms. The first-order valence-corrected chi connectivity index (χ1v) is 10.3. The number of nitrogens with zero attached hydrogens (tertiary/aromatic N) is 1. The first-order valence-electron chi connectivity index (χ1n) is 8.76. The molecule has 0 saturated carbocycles. The minimum atomic E-state index is -2.36. The number of hydrogen-bond acceptors (Lipinski definition) is 2. The van der Waals surface area contributed by atoms with Gasteiger partial charge < -0.3 is 0 Å². The normalized spacial score (nSPS) is 23.8. The Morgan fingerprint density at radius 2 is 1.71 bits per heavy atom. The minimum absolute atomic E-state index is 0.104. The van der Waals surface area contributed by atoms with Gasteiger partial charge >= 0.3 is 0 Å². The van der Waals surface area contributed by atoms with Gasteiger partial charge in [-0.1, -0.05) is 35.9 Å². The zero-order chi connectivity index (χ0) is 17.3. The van der Waals surface area contributed by atoms with Crippen molar-refractivity contribution in [1.29, 1.82) is 0 Å². The van der Waals surface area contributed by atoms with Gasteiger partial charge in [-0.3, -0.25) is 0 Å². The molecule has 2 aromatic rings. The van der Waals surface area contributed by atoms with E-state index in [0.29, 0.717) is 0 Å². The fourth-order valence-corrected chi connectivity index (χ4v) is 6.68. The molecule has 1 heterocycles. The van der Waals surface area contributed by atoms with Crippen LogP contribution in [0.3, 0.4) is 0 Å². The van der Waals surface area contributed by atoms with Gasteiger partial charge in [-0.15, -0.1) is 0 Å². The summed E-state index contributed by atoms with van der Waals surface area (Å²) >= 11 is 0. The molecule has 24 heavy (non-hydrogen) atoms. The predicted molar refractivity (Wildman–Crippen MR) is 102 cm³/mol. The quantitative estimate of drug-likeness (QED) is 0.759. The maximum Gasteiger partial charge on any atom is 0.0787 e. The maximum absolute atomic E-state index is 13.9. The third kappa shape index (κ3) is 3.14. The summed E-state index contributed by atoms with van der Waals surface area (Å²) in [5, 5.41) is 0.104. The van der Waals surface area contributed by atoms with E-state index in [1.54, 1.807) is 0 Å². The molecule has 3 rings (SSSR count). The van der Waals surface area contributed by atoms with Crippen molar-refractivity contribution in [1.82, 2.24) is 0 Å². The Labute approximate surface area is 146 Å². The topological polar surface area (TPSA) is 29.4 Å². The number of hydrogen-bond donors (Lipinski definition) is 0. The smallest absolute Gasteiger partial charge is 0.0787 e. The van der Waals surface area contributed by atoms with Crippen molar-refractivity contribution >= 4 is 9.73 Å². The van der Waals surface area contributed by atoms with Gasteiger partial charge in [-0.2, -0.15) is 0 Å². The fourth-order valence-electron chi connectivity index (χ4n) is 3.89. The fraction of sp³-hybridized carbons (Fsp3) is 0.429. The lowest BCUT2D eigenvalue weighted by Gasteiger charge is -2.28. The molecule has 0 radical (unpaired) electrons. The molecule has 0 amide bonds. The molecule has 128 valence electrons. The van der Waals surface area contributed by atoms with Crippen LogP contribution in [0.1, 0.15) is 40.7 Å². The van der Waals surface area contributed by atoms with Crippen molar-refractivity contribution in [2.24, 2.45) is 4.36 Å². The molecule has 1 aliphatic heterocycles. The molecule has 0 aliphatic carbocycles. The highest BCUT2D eigenvalue weighted by Gasteiger charge is 2.30. The van der Waals surface area contributed by atoms with Crippen LogP contribution in [0.25, 0.3) is 0 Å². The summed E-state index contributed by atoms with van der Waals surface area (Å²) in [6.07, 6.45) is 2.88. The van der Waals surface area contributed by atoms with E-state index in [2.05, 4.69) is 37.3 Å². The molecular formula is C21H27NOS. The van der Waals surface area contributed by atoms with Crippen LogP contribution in [0.2, 0.25) is 0 Å². The van der Waals surface area contributed by atoms with Crippen LogP contribution in [0, 0.1) is 27.7 Å². The Morgan fingerprint density at radius 1 is 1.04 bits per heavy atom. The van der Waals surface area contributed by atoms with E-state index < -0.39 is 9.73 Å². The van der Waals surface area contributed by atoms with E-state index in [-0.39, 0.29) is 5.25 Å². The summed E-state index contributed by atoms with van der Waals surface area (Å²) in [5.74, 6) is 0. The lowest BCUT2D eigenvalue weighted by molar-refractivity contribution is 0.610. The summed E-state index contributed by atoms with van der Waals surface area (Å²) in [4.78, 5) is 0.942. The molecule has 0 saturated heterocycles. The summed E-state index contributed by atoms with van der Waals surface area (Å²) in [6, 6.07) is 12.5. The van der Waals surface area contributed by atoms with Gasteiger partial charge in [0.2, 0.25) is 0 Å². The van der Waals surface area contributed by atoms with Gasteiger partial charge in [0.05, 0.1) is 19.9 Å². The SMILES string of the molecule is Cc1cc(C)c(C[C@@H]2CCCN=[S@@]2(=O)c2ccccc2C)c(C)c1. The van der Waals surface area contributed by atoms with E-state index in [1.165, 1.54) is 22.3 Å². The van der Waals surface area contributed by atoms with E-state index >= 15 is 0 Å². The summed E-state index contributed by atoms with van der Waals surface area (Å²) in [7, 11) is -2.36. The van der Waals surface area contributed by atoms with Gasteiger partial charge in [0.1, 0.15) is 0 Å². The van der Waals surface area contributed by atoms with E-state index in [0.717, 1.165) is 36.3 Å². The van der Waals surface area contributed by atoms with Gasteiger partial charge in [0.25, 0.3) is 0 Å². The molecule has 2 aromatic carbocycles. The van der Waals surface area contributed by atoms with E-state index in [1.807, 2.05) is 31.2 Å². The first kappa shape index (κ1) is 17.2. The zero-order valence-corrected chi connectivity index (χ0v) is 16.0. The van der Waals surface area contributed by atoms with Gasteiger partial charge in [-0.25, -0.2) is 8.57 Å². The molecule has 2 atom stereocenters. The molecule has 0 unspecified atom stereocenters. The molecular weight excluding hydrogens is 314 g/mol. The van der Waals surface area contributed by atoms with Crippen LogP contribution in [-0.2, 0) is 16.1 Å². The van der Waals surface area contributed by atoms with Crippen molar-refractivity contribution in [3.63, 3.8) is 0 Å². The average molecular weight is 342 g/mol. The molecule has 3 heteroatoms. The van der Waals surface area contributed by atoms with Crippen molar-refractivity contribution in [3.8, 4) is 0 Å². The monoisotopic (exact) mass is 341 g/mol. The predicted octanol–water partition coefficient (Wildman–Crippen LogP) is 5.15. The van der Waals surface area contributed by atoms with Crippen molar-refractivity contribution in [3.05, 3.63) is 64.2 Å². The highest BCUT2D eigenvalue weighted by Crippen LogP contribution is 2.32. The second kappa shape index (κ2) is 6.72. The standard InChI is InChI=1S/C21H27NOS/c1-15-12-17(3)20(18(4)13-15)14-19-9-7-11-22-24(19,23)21-10-6-5-8-16(21)2/h5-6,8,10,12-13,19H,7,9,11,14H2,1-4H3/t19-,24-/m0/s1. The van der Waals surface area contributed by atoms with E-state index in [4.69, 9.17) is 0 Å². The zero-order valence-electron chi connectivity index (χ0n) is 15.1. The van der Waals surface area contributed by atoms with Crippen LogP contribution in [-0.4, -0.2) is 16.0 Å². The average Bonchev–Trinajstić information content (AvgIpc) is 2.52. The molecule has 0 aromatic heterocycles. The van der Waals surface area contributed by atoms with Crippen molar-refractivity contribution in [2.75, 3.05) is 6.54 Å². The Hall–Kier alpha value is -1.61. The van der Waals surface area contributed by atoms with Crippen molar-refractivity contribution < 1.29 is 4.21 Å². The van der Waals surface area contributed by atoms with E-state index in [9.17, 15) is 4.21 Å². The second-order valence-corrected chi connectivity index (χ2v) is 9.53. The Balaban J connectivity index is 2.05.